The lowest BCUT2D eigenvalue weighted by Crippen LogP contribution is -2.11. The Bertz CT molecular complexity index is 188. The van der Waals surface area contributed by atoms with Crippen LogP contribution in [0.3, 0.4) is 0 Å². The number of carbonyl (C=O) groups excluding carboxylic acids is 2. The van der Waals surface area contributed by atoms with Gasteiger partial charge in [0.05, 0.1) is 0 Å². The van der Waals surface area contributed by atoms with Crippen molar-refractivity contribution >= 4 is 22.6 Å². The molecule has 12 heavy (non-hydrogen) atoms. The first kappa shape index (κ1) is 11.4. The molecule has 0 heterocycles. The average Bonchev–Trinajstić information content (AvgIpc) is 1.84. The van der Waals surface area contributed by atoms with Crippen LogP contribution in [0.4, 0.5) is 13.2 Å². The molecule has 0 aliphatic heterocycles. The van der Waals surface area contributed by atoms with Gasteiger partial charge in [0.15, 0.2) is 0 Å². The van der Waals surface area contributed by atoms with Gasteiger partial charge in [-0.25, -0.2) is 0 Å². The second-order valence-electron chi connectivity index (χ2n) is 2.17. The largest absolute Gasteiger partial charge is 0.389 e. The van der Waals surface area contributed by atoms with Gasteiger partial charge in [-0.15, -0.1) is 0 Å². The molecule has 0 saturated carbocycles. The lowest BCUT2D eigenvalue weighted by atomic mass is 10.2. The monoisotopic (exact) mass is 202 g/mol. The van der Waals surface area contributed by atoms with Gasteiger partial charge < -0.3 is 0 Å². The minimum absolute atomic E-state index is 0.388. The third kappa shape index (κ3) is 6.15. The Morgan fingerprint density at radius 2 is 1.75 bits per heavy atom. The summed E-state index contributed by atoms with van der Waals surface area (Å²) >= 11 is 4.71. The second-order valence-corrected chi connectivity index (χ2v) is 2.51. The van der Waals surface area contributed by atoms with Crippen LogP contribution in [0.5, 0.6) is 0 Å². The van der Waals surface area contributed by atoms with Crippen LogP contribution in [-0.2, 0) is 9.59 Å². The van der Waals surface area contributed by atoms with E-state index < -0.39 is 30.0 Å². The third-order valence-corrected chi connectivity index (χ3v) is 1.29. The van der Waals surface area contributed by atoms with Crippen molar-refractivity contribution in [3.63, 3.8) is 0 Å². The predicted octanol–water partition coefficient (Wildman–Crippen LogP) is 2.05. The van der Waals surface area contributed by atoms with Crippen LogP contribution in [0.15, 0.2) is 0 Å². The molecule has 0 bridgehead atoms. The molecule has 0 atom stereocenters. The zero-order valence-corrected chi connectivity index (χ0v) is 6.71. The molecule has 0 aromatic carbocycles. The summed E-state index contributed by atoms with van der Waals surface area (Å²) in [5, 5.41) is -1.21. The molecule has 0 fully saturated rings. The zero-order valence-electron chi connectivity index (χ0n) is 5.95. The molecule has 0 aliphatic carbocycles. The molecule has 0 unspecified atom stereocenters. The highest BCUT2D eigenvalue weighted by Gasteiger charge is 2.26. The zero-order chi connectivity index (χ0) is 9.78. The van der Waals surface area contributed by atoms with Gasteiger partial charge in [0, 0.05) is 12.8 Å². The van der Waals surface area contributed by atoms with E-state index in [1.165, 1.54) is 0 Å². The standard InChI is InChI=1S/C6H6ClF3O2/c7-5(12)4(11)2-1-3-6(8,9)10/h1-3H2. The van der Waals surface area contributed by atoms with Crippen molar-refractivity contribution in [3.8, 4) is 0 Å². The predicted molar refractivity (Wildman–Crippen MR) is 35.8 cm³/mol. The number of hydrogen-bond donors (Lipinski definition) is 0. The molecule has 2 nitrogen and oxygen atoms in total. The van der Waals surface area contributed by atoms with Crippen molar-refractivity contribution in [2.75, 3.05) is 0 Å². The number of Topliss-reactive ketones (excluding diaryl/α,β-unsaturated/α-hetero) is 1. The number of alkyl halides is 3. The minimum atomic E-state index is -4.28. The van der Waals surface area contributed by atoms with Gasteiger partial charge in [0.2, 0.25) is 5.78 Å². The molecule has 70 valence electrons. The molecule has 0 amide bonds. The summed E-state index contributed by atoms with van der Waals surface area (Å²) in [6.07, 6.45) is -6.18. The third-order valence-electron chi connectivity index (χ3n) is 1.08. The second kappa shape index (κ2) is 4.45. The molecule has 0 spiro atoms. The molecular weight excluding hydrogens is 197 g/mol. The summed E-state index contributed by atoms with van der Waals surface area (Å²) < 4.78 is 34.4. The smallest absolute Gasteiger partial charge is 0.289 e. The average molecular weight is 203 g/mol. The van der Waals surface area contributed by atoms with Gasteiger partial charge in [-0.1, -0.05) is 0 Å². The van der Waals surface area contributed by atoms with E-state index in [1.807, 2.05) is 0 Å². The van der Waals surface area contributed by atoms with Gasteiger partial charge in [-0.3, -0.25) is 9.59 Å². The molecule has 0 aliphatic rings. The first-order valence-corrected chi connectivity index (χ1v) is 3.50. The van der Waals surface area contributed by atoms with Crippen LogP contribution in [0.25, 0.3) is 0 Å². The maximum Gasteiger partial charge on any atom is 0.389 e. The Hall–Kier alpha value is -0.580. The Labute approximate surface area is 71.7 Å². The minimum Gasteiger partial charge on any atom is -0.289 e. The van der Waals surface area contributed by atoms with Crippen LogP contribution in [0.2, 0.25) is 0 Å². The highest BCUT2D eigenvalue weighted by Crippen LogP contribution is 2.22. The lowest BCUT2D eigenvalue weighted by Gasteiger charge is -2.03. The van der Waals surface area contributed by atoms with Gasteiger partial charge in [-0.05, 0) is 18.0 Å². The van der Waals surface area contributed by atoms with Crippen molar-refractivity contribution in [1.82, 2.24) is 0 Å². The SMILES string of the molecule is O=C(Cl)C(=O)CCCC(F)(F)F. The molecular formula is C6H6ClF3O2. The quantitative estimate of drug-likeness (QED) is 0.517. The van der Waals surface area contributed by atoms with Gasteiger partial charge in [-0.2, -0.15) is 13.2 Å². The van der Waals surface area contributed by atoms with Crippen LogP contribution in [0.1, 0.15) is 19.3 Å². The Morgan fingerprint density at radius 1 is 1.25 bits per heavy atom. The maximum absolute atomic E-state index is 11.5. The summed E-state index contributed by atoms with van der Waals surface area (Å²) in [4.78, 5) is 20.4. The summed E-state index contributed by atoms with van der Waals surface area (Å²) in [5.41, 5.74) is 0. The normalized spacial score (nSPS) is 11.3. The summed E-state index contributed by atoms with van der Waals surface area (Å²) in [6, 6.07) is 0. The number of halogens is 4. The van der Waals surface area contributed by atoms with Crippen LogP contribution < -0.4 is 0 Å². The van der Waals surface area contributed by atoms with E-state index in [4.69, 9.17) is 11.6 Å². The number of rotatable bonds is 4. The molecule has 0 aromatic rings. The highest BCUT2D eigenvalue weighted by molar-refractivity contribution is 6.81. The van der Waals surface area contributed by atoms with E-state index in [9.17, 15) is 22.8 Å². The number of ketones is 1. The summed E-state index contributed by atoms with van der Waals surface area (Å²) in [5.74, 6) is -0.971. The first-order chi connectivity index (χ1) is 5.33. The molecule has 0 aromatic heterocycles. The number of carbonyl (C=O) groups is 2. The van der Waals surface area contributed by atoms with E-state index in [-0.39, 0.29) is 6.42 Å². The van der Waals surface area contributed by atoms with E-state index in [0.717, 1.165) is 0 Å². The molecule has 0 saturated heterocycles. The van der Waals surface area contributed by atoms with Crippen LogP contribution in [0, 0.1) is 0 Å². The van der Waals surface area contributed by atoms with Crippen molar-refractivity contribution in [2.24, 2.45) is 0 Å². The van der Waals surface area contributed by atoms with Gasteiger partial charge in [0.25, 0.3) is 5.24 Å². The molecule has 0 rings (SSSR count). The Kier molecular flexibility index (Phi) is 4.23. The Morgan fingerprint density at radius 3 is 2.08 bits per heavy atom. The van der Waals surface area contributed by atoms with Gasteiger partial charge in [0.1, 0.15) is 0 Å². The van der Waals surface area contributed by atoms with Crippen molar-refractivity contribution in [1.29, 1.82) is 0 Å². The highest BCUT2D eigenvalue weighted by atomic mass is 35.5. The molecule has 0 N–H and O–H groups in total. The van der Waals surface area contributed by atoms with E-state index >= 15 is 0 Å². The van der Waals surface area contributed by atoms with Gasteiger partial charge >= 0.3 is 6.18 Å². The fourth-order valence-corrected chi connectivity index (χ4v) is 0.642. The van der Waals surface area contributed by atoms with Crippen LogP contribution in [-0.4, -0.2) is 17.2 Å². The summed E-state index contributed by atoms with van der Waals surface area (Å²) in [6.45, 7) is 0. The lowest BCUT2D eigenvalue weighted by molar-refractivity contribution is -0.139. The van der Waals surface area contributed by atoms with Crippen molar-refractivity contribution in [3.05, 3.63) is 0 Å². The Balaban J connectivity index is 3.58. The van der Waals surface area contributed by atoms with Crippen LogP contribution >= 0.6 is 11.6 Å². The number of hydrogen-bond acceptors (Lipinski definition) is 2. The fourth-order valence-electron chi connectivity index (χ4n) is 0.548. The van der Waals surface area contributed by atoms with E-state index in [1.54, 1.807) is 0 Å². The molecule has 6 heteroatoms. The fraction of sp³-hybridized carbons (Fsp3) is 0.667. The maximum atomic E-state index is 11.5. The van der Waals surface area contributed by atoms with E-state index in [0.29, 0.717) is 0 Å². The molecule has 0 radical (unpaired) electrons. The topological polar surface area (TPSA) is 34.1 Å². The van der Waals surface area contributed by atoms with Crippen molar-refractivity contribution < 1.29 is 22.8 Å². The van der Waals surface area contributed by atoms with E-state index in [2.05, 4.69) is 0 Å². The summed E-state index contributed by atoms with van der Waals surface area (Å²) in [7, 11) is 0. The first-order valence-electron chi connectivity index (χ1n) is 3.12. The van der Waals surface area contributed by atoms with Crippen molar-refractivity contribution in [2.45, 2.75) is 25.4 Å².